The van der Waals surface area contributed by atoms with Crippen LogP contribution < -0.4 is 5.73 Å². The first-order valence-electron chi connectivity index (χ1n) is 5.84. The average molecular weight is 241 g/mol. The van der Waals surface area contributed by atoms with Gasteiger partial charge < -0.3 is 14.9 Å². The van der Waals surface area contributed by atoms with Crippen molar-refractivity contribution in [1.29, 1.82) is 0 Å². The lowest BCUT2D eigenvalue weighted by atomic mass is 10.3. The minimum absolute atomic E-state index is 0.539. The lowest BCUT2D eigenvalue weighted by molar-refractivity contribution is 0.740. The van der Waals surface area contributed by atoms with Crippen molar-refractivity contribution in [3.8, 4) is 0 Å². The number of aryl methyl sites for hydroxylation is 2. The second-order valence-corrected chi connectivity index (χ2v) is 4.43. The zero-order chi connectivity index (χ0) is 12.7. The van der Waals surface area contributed by atoms with E-state index in [0.29, 0.717) is 12.5 Å². The van der Waals surface area contributed by atoms with E-state index in [1.807, 2.05) is 53.7 Å². The molecular weight excluding hydrogens is 226 g/mol. The smallest absolute Gasteiger partial charge is 0.201 e. The lowest BCUT2D eigenvalue weighted by Gasteiger charge is -2.08. The monoisotopic (exact) mass is 241 g/mol. The molecule has 3 rings (SSSR count). The predicted molar refractivity (Wildman–Crippen MR) is 71.2 cm³/mol. The van der Waals surface area contributed by atoms with Gasteiger partial charge in [0.05, 0.1) is 35.3 Å². The first kappa shape index (κ1) is 10.8. The molecule has 0 aliphatic rings. The van der Waals surface area contributed by atoms with E-state index in [-0.39, 0.29) is 0 Å². The molecule has 0 amide bonds. The first-order chi connectivity index (χ1) is 8.66. The van der Waals surface area contributed by atoms with Crippen LogP contribution in [0.4, 0.5) is 5.95 Å². The number of hydrogen-bond donors (Lipinski definition) is 1. The van der Waals surface area contributed by atoms with Gasteiger partial charge in [-0.25, -0.2) is 9.97 Å². The molecule has 0 atom stereocenters. The molecule has 0 aliphatic carbocycles. The molecule has 2 aromatic heterocycles. The van der Waals surface area contributed by atoms with Crippen LogP contribution in [-0.4, -0.2) is 19.1 Å². The zero-order valence-corrected chi connectivity index (χ0v) is 10.5. The summed E-state index contributed by atoms with van der Waals surface area (Å²) in [5.74, 6) is 0.539. The quantitative estimate of drug-likeness (QED) is 0.743. The molecule has 92 valence electrons. The summed E-state index contributed by atoms with van der Waals surface area (Å²) in [4.78, 5) is 8.66. The summed E-state index contributed by atoms with van der Waals surface area (Å²) in [6, 6.07) is 7.97. The van der Waals surface area contributed by atoms with Crippen molar-refractivity contribution >= 4 is 17.0 Å². The largest absolute Gasteiger partial charge is 0.369 e. The average Bonchev–Trinajstić information content (AvgIpc) is 2.84. The van der Waals surface area contributed by atoms with E-state index in [1.165, 1.54) is 0 Å². The SMILES string of the molecule is Cc1ncn(C)c1Cn1c(N)nc2ccccc21. The molecule has 0 bridgehead atoms. The number of nitrogen functional groups attached to an aromatic ring is 1. The van der Waals surface area contributed by atoms with Crippen LogP contribution in [0.1, 0.15) is 11.4 Å². The van der Waals surface area contributed by atoms with E-state index in [4.69, 9.17) is 5.73 Å². The van der Waals surface area contributed by atoms with Crippen molar-refractivity contribution in [2.45, 2.75) is 13.5 Å². The Morgan fingerprint density at radius 1 is 1.28 bits per heavy atom. The summed E-state index contributed by atoms with van der Waals surface area (Å²) in [7, 11) is 1.99. The second-order valence-electron chi connectivity index (χ2n) is 4.43. The molecule has 0 aliphatic heterocycles. The molecule has 0 saturated heterocycles. The van der Waals surface area contributed by atoms with Crippen molar-refractivity contribution in [3.63, 3.8) is 0 Å². The predicted octanol–water partition coefficient (Wildman–Crippen LogP) is 1.71. The Bertz CT molecular complexity index is 688. The van der Waals surface area contributed by atoms with Gasteiger partial charge in [0.15, 0.2) is 0 Å². The van der Waals surface area contributed by atoms with E-state index in [9.17, 15) is 0 Å². The fraction of sp³-hybridized carbons (Fsp3) is 0.231. The molecule has 0 unspecified atom stereocenters. The Hall–Kier alpha value is -2.30. The standard InChI is InChI=1S/C13H15N5/c1-9-12(17(2)8-15-9)7-18-11-6-4-3-5-10(11)16-13(18)14/h3-6,8H,7H2,1-2H3,(H2,14,16). The van der Waals surface area contributed by atoms with Crippen LogP contribution in [0, 0.1) is 6.92 Å². The molecule has 18 heavy (non-hydrogen) atoms. The van der Waals surface area contributed by atoms with Crippen molar-refractivity contribution in [2.75, 3.05) is 5.73 Å². The number of imidazole rings is 2. The summed E-state index contributed by atoms with van der Waals surface area (Å²) < 4.78 is 4.03. The Morgan fingerprint density at radius 2 is 2.06 bits per heavy atom. The number of nitrogens with two attached hydrogens (primary N) is 1. The molecule has 5 nitrogen and oxygen atoms in total. The Balaban J connectivity index is 2.13. The fourth-order valence-electron chi connectivity index (χ4n) is 2.21. The van der Waals surface area contributed by atoms with Crippen LogP contribution in [0.2, 0.25) is 0 Å². The highest BCUT2D eigenvalue weighted by Gasteiger charge is 2.11. The van der Waals surface area contributed by atoms with Crippen molar-refractivity contribution < 1.29 is 0 Å². The molecular formula is C13H15N5. The van der Waals surface area contributed by atoms with Crippen LogP contribution in [0.15, 0.2) is 30.6 Å². The van der Waals surface area contributed by atoms with Crippen LogP contribution in [0.3, 0.4) is 0 Å². The summed E-state index contributed by atoms with van der Waals surface area (Å²) in [5, 5.41) is 0. The van der Waals surface area contributed by atoms with Crippen LogP contribution >= 0.6 is 0 Å². The highest BCUT2D eigenvalue weighted by Crippen LogP contribution is 2.19. The number of hydrogen-bond acceptors (Lipinski definition) is 3. The lowest BCUT2D eigenvalue weighted by Crippen LogP contribution is -2.08. The van der Waals surface area contributed by atoms with E-state index < -0.39 is 0 Å². The highest BCUT2D eigenvalue weighted by molar-refractivity contribution is 5.78. The Kier molecular flexibility index (Phi) is 2.33. The van der Waals surface area contributed by atoms with Crippen molar-refractivity contribution in [3.05, 3.63) is 42.0 Å². The maximum Gasteiger partial charge on any atom is 0.201 e. The van der Waals surface area contributed by atoms with Gasteiger partial charge >= 0.3 is 0 Å². The van der Waals surface area contributed by atoms with Gasteiger partial charge in [-0.05, 0) is 19.1 Å². The molecule has 3 aromatic rings. The second kappa shape index (κ2) is 3.87. The van der Waals surface area contributed by atoms with Crippen LogP contribution in [-0.2, 0) is 13.6 Å². The maximum absolute atomic E-state index is 5.99. The molecule has 0 fully saturated rings. The number of aromatic nitrogens is 4. The third kappa shape index (κ3) is 1.55. The maximum atomic E-state index is 5.99. The van der Waals surface area contributed by atoms with Gasteiger partial charge in [0.25, 0.3) is 0 Å². The molecule has 2 heterocycles. The first-order valence-corrected chi connectivity index (χ1v) is 5.84. The number of benzene rings is 1. The number of fused-ring (bicyclic) bond motifs is 1. The summed E-state index contributed by atoms with van der Waals surface area (Å²) in [5.41, 5.74) is 10.1. The number of anilines is 1. The molecule has 0 saturated carbocycles. The highest BCUT2D eigenvalue weighted by atomic mass is 15.2. The van der Waals surface area contributed by atoms with E-state index in [0.717, 1.165) is 22.4 Å². The molecule has 2 N–H and O–H groups in total. The van der Waals surface area contributed by atoms with Gasteiger partial charge in [-0.15, -0.1) is 0 Å². The number of nitrogens with zero attached hydrogens (tertiary/aromatic N) is 4. The topological polar surface area (TPSA) is 61.7 Å². The minimum atomic E-state index is 0.539. The fourth-order valence-corrected chi connectivity index (χ4v) is 2.21. The molecule has 0 spiro atoms. The van der Waals surface area contributed by atoms with Crippen molar-refractivity contribution in [1.82, 2.24) is 19.1 Å². The van der Waals surface area contributed by atoms with Crippen LogP contribution in [0.25, 0.3) is 11.0 Å². The molecule has 1 aromatic carbocycles. The summed E-state index contributed by atoms with van der Waals surface area (Å²) in [6.45, 7) is 2.69. The third-order valence-electron chi connectivity index (χ3n) is 3.26. The van der Waals surface area contributed by atoms with Gasteiger partial charge in [0.2, 0.25) is 5.95 Å². The number of rotatable bonds is 2. The van der Waals surface area contributed by atoms with Gasteiger partial charge in [0, 0.05) is 7.05 Å². The van der Waals surface area contributed by atoms with Gasteiger partial charge in [-0.1, -0.05) is 12.1 Å². The summed E-state index contributed by atoms with van der Waals surface area (Å²) in [6.07, 6.45) is 1.82. The van der Waals surface area contributed by atoms with Crippen molar-refractivity contribution in [2.24, 2.45) is 7.05 Å². The Morgan fingerprint density at radius 3 is 2.78 bits per heavy atom. The van der Waals surface area contributed by atoms with E-state index in [2.05, 4.69) is 9.97 Å². The molecule has 0 radical (unpaired) electrons. The van der Waals surface area contributed by atoms with Gasteiger partial charge in [0.1, 0.15) is 0 Å². The summed E-state index contributed by atoms with van der Waals surface area (Å²) >= 11 is 0. The van der Waals surface area contributed by atoms with Gasteiger partial charge in [-0.3, -0.25) is 0 Å². The van der Waals surface area contributed by atoms with Gasteiger partial charge in [-0.2, -0.15) is 0 Å². The van der Waals surface area contributed by atoms with Crippen LogP contribution in [0.5, 0.6) is 0 Å². The Labute approximate surface area is 105 Å². The molecule has 5 heteroatoms. The van der Waals surface area contributed by atoms with E-state index in [1.54, 1.807) is 0 Å². The van der Waals surface area contributed by atoms with E-state index >= 15 is 0 Å². The minimum Gasteiger partial charge on any atom is -0.369 e. The normalized spacial score (nSPS) is 11.2. The zero-order valence-electron chi connectivity index (χ0n) is 10.5. The number of para-hydroxylation sites is 2. The third-order valence-corrected chi connectivity index (χ3v) is 3.26.